The second kappa shape index (κ2) is 6.24. The van der Waals surface area contributed by atoms with Gasteiger partial charge in [0.1, 0.15) is 12.0 Å². The van der Waals surface area contributed by atoms with Gasteiger partial charge >= 0.3 is 0 Å². The van der Waals surface area contributed by atoms with Gasteiger partial charge in [-0.15, -0.1) is 24.0 Å². The van der Waals surface area contributed by atoms with E-state index in [1.165, 1.54) is 0 Å². The first-order valence-corrected chi connectivity index (χ1v) is 4.81. The number of halogens is 1. The van der Waals surface area contributed by atoms with Crippen LogP contribution in [0.2, 0.25) is 0 Å². The Labute approximate surface area is 116 Å². The summed E-state index contributed by atoms with van der Waals surface area (Å²) >= 11 is 0. The second-order valence-corrected chi connectivity index (χ2v) is 3.25. The van der Waals surface area contributed by atoms with Crippen LogP contribution in [0.1, 0.15) is 5.69 Å². The van der Waals surface area contributed by atoms with E-state index < -0.39 is 0 Å². The van der Waals surface area contributed by atoms with Crippen LogP contribution in [-0.4, -0.2) is 10.9 Å². The number of oxazole rings is 1. The minimum absolute atomic E-state index is 0. The summed E-state index contributed by atoms with van der Waals surface area (Å²) in [5.74, 6) is 0.616. The molecule has 0 spiro atoms. The molecule has 0 saturated carbocycles. The Hall–Kier alpha value is -1.57. The summed E-state index contributed by atoms with van der Waals surface area (Å²) in [7, 11) is 0. The van der Waals surface area contributed by atoms with Crippen LogP contribution in [0, 0.1) is 0 Å². The minimum atomic E-state index is 0. The van der Waals surface area contributed by atoms with E-state index in [0.717, 1.165) is 5.56 Å². The number of guanidine groups is 1. The van der Waals surface area contributed by atoms with E-state index in [1.54, 1.807) is 6.26 Å². The predicted octanol–water partition coefficient (Wildman–Crippen LogP) is 1.73. The maximum atomic E-state index is 5.32. The Bertz CT molecular complexity index is 491. The SMILES string of the molecule is I.NC(N)=NCc1coc(-c2ccccc2)n1. The predicted molar refractivity (Wildman–Crippen MR) is 76.9 cm³/mol. The van der Waals surface area contributed by atoms with Crippen molar-refractivity contribution < 1.29 is 4.42 Å². The van der Waals surface area contributed by atoms with Gasteiger partial charge in [-0.25, -0.2) is 9.98 Å². The molecule has 4 N–H and O–H groups in total. The first-order chi connectivity index (χ1) is 7.75. The molecule has 0 radical (unpaired) electrons. The van der Waals surface area contributed by atoms with Crippen LogP contribution in [0.3, 0.4) is 0 Å². The monoisotopic (exact) mass is 344 g/mol. The van der Waals surface area contributed by atoms with Crippen molar-refractivity contribution in [2.75, 3.05) is 0 Å². The van der Waals surface area contributed by atoms with Crippen molar-refractivity contribution in [2.45, 2.75) is 6.54 Å². The van der Waals surface area contributed by atoms with E-state index in [2.05, 4.69) is 9.98 Å². The summed E-state index contributed by atoms with van der Waals surface area (Å²) < 4.78 is 5.32. The summed E-state index contributed by atoms with van der Waals surface area (Å²) in [5.41, 5.74) is 12.1. The topological polar surface area (TPSA) is 90.4 Å². The van der Waals surface area contributed by atoms with Crippen molar-refractivity contribution in [1.29, 1.82) is 0 Å². The molecule has 0 fully saturated rings. The van der Waals surface area contributed by atoms with E-state index >= 15 is 0 Å². The molecule has 0 amide bonds. The van der Waals surface area contributed by atoms with Crippen LogP contribution < -0.4 is 11.5 Å². The Morgan fingerprint density at radius 2 is 1.94 bits per heavy atom. The Balaban J connectivity index is 0.00000144. The number of aromatic nitrogens is 1. The summed E-state index contributed by atoms with van der Waals surface area (Å²) in [6.45, 7) is 0.332. The third-order valence-corrected chi connectivity index (χ3v) is 2.00. The molecule has 17 heavy (non-hydrogen) atoms. The summed E-state index contributed by atoms with van der Waals surface area (Å²) in [6.07, 6.45) is 1.55. The highest BCUT2D eigenvalue weighted by Crippen LogP contribution is 2.17. The zero-order valence-corrected chi connectivity index (χ0v) is 11.4. The standard InChI is InChI=1S/C11H12N4O.HI/c12-11(13)14-6-9-7-16-10(15-9)8-4-2-1-3-5-8;/h1-5,7H,6H2,(H4,12,13,14);1H. The fourth-order valence-electron chi connectivity index (χ4n) is 1.27. The van der Waals surface area contributed by atoms with E-state index in [-0.39, 0.29) is 29.9 Å². The number of aliphatic imine (C=N–C) groups is 1. The first kappa shape index (κ1) is 13.5. The lowest BCUT2D eigenvalue weighted by Gasteiger charge is -1.92. The maximum absolute atomic E-state index is 5.32. The highest BCUT2D eigenvalue weighted by atomic mass is 127. The molecule has 1 aromatic heterocycles. The van der Waals surface area contributed by atoms with Crippen LogP contribution in [0.5, 0.6) is 0 Å². The van der Waals surface area contributed by atoms with Gasteiger partial charge in [0.25, 0.3) is 0 Å². The molecular weight excluding hydrogens is 331 g/mol. The molecule has 0 unspecified atom stereocenters. The highest BCUT2D eigenvalue weighted by Gasteiger charge is 2.05. The number of nitrogens with zero attached hydrogens (tertiary/aromatic N) is 2. The zero-order chi connectivity index (χ0) is 11.4. The average Bonchev–Trinajstić information content (AvgIpc) is 2.76. The average molecular weight is 344 g/mol. The molecule has 0 saturated heterocycles. The van der Waals surface area contributed by atoms with Crippen molar-refractivity contribution >= 4 is 29.9 Å². The Morgan fingerprint density at radius 3 is 2.59 bits per heavy atom. The highest BCUT2D eigenvalue weighted by molar-refractivity contribution is 14.0. The molecule has 6 heteroatoms. The summed E-state index contributed by atoms with van der Waals surface area (Å²) in [5, 5.41) is 0. The van der Waals surface area contributed by atoms with Crippen LogP contribution in [0.25, 0.3) is 11.5 Å². The van der Waals surface area contributed by atoms with Gasteiger partial charge in [-0.05, 0) is 12.1 Å². The molecule has 2 aromatic rings. The van der Waals surface area contributed by atoms with Gasteiger partial charge in [0.05, 0.1) is 6.54 Å². The maximum Gasteiger partial charge on any atom is 0.226 e. The molecule has 2 rings (SSSR count). The smallest absolute Gasteiger partial charge is 0.226 e. The van der Waals surface area contributed by atoms with E-state index in [9.17, 15) is 0 Å². The Kier molecular flexibility index (Phi) is 4.95. The largest absolute Gasteiger partial charge is 0.444 e. The van der Waals surface area contributed by atoms with Crippen LogP contribution in [0.4, 0.5) is 0 Å². The Morgan fingerprint density at radius 1 is 1.24 bits per heavy atom. The lowest BCUT2D eigenvalue weighted by Crippen LogP contribution is -2.22. The van der Waals surface area contributed by atoms with Crippen molar-refractivity contribution in [1.82, 2.24) is 4.98 Å². The van der Waals surface area contributed by atoms with Gasteiger partial charge in [-0.3, -0.25) is 0 Å². The zero-order valence-electron chi connectivity index (χ0n) is 9.04. The van der Waals surface area contributed by atoms with Gasteiger partial charge in [0.2, 0.25) is 5.89 Å². The molecule has 1 heterocycles. The van der Waals surface area contributed by atoms with Crippen molar-refractivity contribution in [3.8, 4) is 11.5 Å². The number of nitrogens with two attached hydrogens (primary N) is 2. The number of hydrogen-bond acceptors (Lipinski definition) is 3. The summed E-state index contributed by atoms with van der Waals surface area (Å²) in [6, 6.07) is 9.64. The molecule has 0 aliphatic carbocycles. The second-order valence-electron chi connectivity index (χ2n) is 3.25. The molecule has 0 aliphatic heterocycles. The third-order valence-electron chi connectivity index (χ3n) is 2.00. The number of benzene rings is 1. The molecule has 1 aromatic carbocycles. The summed E-state index contributed by atoms with van der Waals surface area (Å²) in [4.78, 5) is 8.12. The number of hydrogen-bond donors (Lipinski definition) is 2. The van der Waals surface area contributed by atoms with Gasteiger partial charge < -0.3 is 15.9 Å². The van der Waals surface area contributed by atoms with Crippen LogP contribution in [-0.2, 0) is 6.54 Å². The van der Waals surface area contributed by atoms with Crippen LogP contribution in [0.15, 0.2) is 46.0 Å². The lowest BCUT2D eigenvalue weighted by molar-refractivity contribution is 0.572. The third kappa shape index (κ3) is 3.74. The van der Waals surface area contributed by atoms with Crippen molar-refractivity contribution in [3.63, 3.8) is 0 Å². The van der Waals surface area contributed by atoms with Gasteiger partial charge in [0, 0.05) is 5.56 Å². The molecule has 0 atom stereocenters. The van der Waals surface area contributed by atoms with Crippen molar-refractivity contribution in [2.24, 2.45) is 16.5 Å². The van der Waals surface area contributed by atoms with Gasteiger partial charge in [-0.1, -0.05) is 18.2 Å². The molecule has 90 valence electrons. The molecular formula is C11H13IN4O. The lowest BCUT2D eigenvalue weighted by atomic mass is 10.2. The minimum Gasteiger partial charge on any atom is -0.444 e. The van der Waals surface area contributed by atoms with Crippen molar-refractivity contribution in [3.05, 3.63) is 42.3 Å². The van der Waals surface area contributed by atoms with Crippen LogP contribution >= 0.6 is 24.0 Å². The molecule has 5 nitrogen and oxygen atoms in total. The first-order valence-electron chi connectivity index (χ1n) is 4.81. The van der Waals surface area contributed by atoms with E-state index in [4.69, 9.17) is 15.9 Å². The number of rotatable bonds is 3. The van der Waals surface area contributed by atoms with E-state index in [1.807, 2.05) is 30.3 Å². The quantitative estimate of drug-likeness (QED) is 0.504. The fraction of sp³-hybridized carbons (Fsp3) is 0.0909. The van der Waals surface area contributed by atoms with Gasteiger partial charge in [0.15, 0.2) is 5.96 Å². The van der Waals surface area contributed by atoms with E-state index in [0.29, 0.717) is 18.1 Å². The molecule has 0 aliphatic rings. The normalized spacial score (nSPS) is 9.41. The fourth-order valence-corrected chi connectivity index (χ4v) is 1.27. The van der Waals surface area contributed by atoms with Gasteiger partial charge in [-0.2, -0.15) is 0 Å². The molecule has 0 bridgehead atoms.